The van der Waals surface area contributed by atoms with E-state index in [1.54, 1.807) is 12.1 Å². The fourth-order valence-electron chi connectivity index (χ4n) is 1.12. The van der Waals surface area contributed by atoms with Gasteiger partial charge in [0, 0.05) is 11.3 Å². The van der Waals surface area contributed by atoms with Gasteiger partial charge in [-0.25, -0.2) is 0 Å². The summed E-state index contributed by atoms with van der Waals surface area (Å²) in [4.78, 5) is 11.3. The van der Waals surface area contributed by atoms with E-state index < -0.39 is 6.10 Å². The first kappa shape index (κ1) is 11.5. The average Bonchev–Trinajstić information content (AvgIpc) is 2.51. The van der Waals surface area contributed by atoms with Crippen LogP contribution in [0.4, 0.5) is 0 Å². The van der Waals surface area contributed by atoms with Gasteiger partial charge in [0.05, 0.1) is 10.4 Å². The molecule has 1 aromatic rings. The topological polar surface area (TPSA) is 63.3 Å². The van der Waals surface area contributed by atoms with Crippen LogP contribution in [0.1, 0.15) is 30.2 Å². The Morgan fingerprint density at radius 1 is 1.64 bits per heavy atom. The van der Waals surface area contributed by atoms with E-state index in [4.69, 9.17) is 17.3 Å². The van der Waals surface area contributed by atoms with E-state index in [-0.39, 0.29) is 5.91 Å². The van der Waals surface area contributed by atoms with Crippen LogP contribution in [0.5, 0.6) is 0 Å². The Morgan fingerprint density at radius 3 is 2.86 bits per heavy atom. The van der Waals surface area contributed by atoms with E-state index >= 15 is 0 Å². The second-order valence-electron chi connectivity index (χ2n) is 3.02. The third-order valence-corrected chi connectivity index (χ3v) is 3.16. The van der Waals surface area contributed by atoms with Gasteiger partial charge >= 0.3 is 0 Å². The minimum atomic E-state index is -0.535. The summed E-state index contributed by atoms with van der Waals surface area (Å²) in [5.41, 5.74) is 4.98. The number of hydrogen-bond acceptors (Lipinski definition) is 3. The van der Waals surface area contributed by atoms with E-state index in [1.165, 1.54) is 11.3 Å². The number of aliphatic hydroxyl groups is 1. The number of thiophene rings is 1. The zero-order valence-electron chi connectivity index (χ0n) is 7.57. The maximum absolute atomic E-state index is 10.4. The van der Waals surface area contributed by atoms with Gasteiger partial charge in [0.1, 0.15) is 0 Å². The zero-order chi connectivity index (χ0) is 10.6. The summed E-state index contributed by atoms with van der Waals surface area (Å²) >= 11 is 7.08. The Labute approximate surface area is 91.5 Å². The van der Waals surface area contributed by atoms with Crippen LogP contribution >= 0.6 is 22.9 Å². The molecule has 1 rings (SSSR count). The predicted octanol–water partition coefficient (Wildman–Crippen LogP) is 2.09. The second-order valence-corrected chi connectivity index (χ2v) is 4.76. The van der Waals surface area contributed by atoms with E-state index in [0.29, 0.717) is 23.6 Å². The smallest absolute Gasteiger partial charge is 0.217 e. The van der Waals surface area contributed by atoms with Crippen molar-refractivity contribution < 1.29 is 9.90 Å². The number of rotatable bonds is 5. The molecular formula is C9H12ClNO2S. The summed E-state index contributed by atoms with van der Waals surface area (Å²) < 4.78 is 0.661. The van der Waals surface area contributed by atoms with Crippen molar-refractivity contribution in [1.29, 1.82) is 0 Å². The zero-order valence-corrected chi connectivity index (χ0v) is 9.14. The molecular weight excluding hydrogens is 222 g/mol. The lowest BCUT2D eigenvalue weighted by Crippen LogP contribution is -2.10. The second kappa shape index (κ2) is 5.34. The molecule has 0 aliphatic rings. The van der Waals surface area contributed by atoms with Crippen molar-refractivity contribution >= 4 is 28.8 Å². The lowest BCUT2D eigenvalue weighted by atomic mass is 10.1. The summed E-state index contributed by atoms with van der Waals surface area (Å²) in [5.74, 6) is -0.332. The summed E-state index contributed by atoms with van der Waals surface area (Å²) in [5, 5.41) is 9.65. The molecule has 3 N–H and O–H groups in total. The van der Waals surface area contributed by atoms with Gasteiger partial charge in [-0.2, -0.15) is 0 Å². The molecule has 0 radical (unpaired) electrons. The van der Waals surface area contributed by atoms with E-state index in [2.05, 4.69) is 0 Å². The molecule has 1 atom stereocenters. The van der Waals surface area contributed by atoms with Crippen LogP contribution in [0.15, 0.2) is 12.1 Å². The lowest BCUT2D eigenvalue weighted by molar-refractivity contribution is -0.118. The van der Waals surface area contributed by atoms with Gasteiger partial charge in [-0.1, -0.05) is 11.6 Å². The number of amides is 1. The Bertz CT molecular complexity index is 314. The fourth-order valence-corrected chi connectivity index (χ4v) is 2.20. The molecule has 0 fully saturated rings. The third-order valence-electron chi connectivity index (χ3n) is 1.82. The Kier molecular flexibility index (Phi) is 4.38. The number of halogens is 1. The highest BCUT2D eigenvalue weighted by Crippen LogP contribution is 2.29. The minimum Gasteiger partial charge on any atom is -0.388 e. The van der Waals surface area contributed by atoms with Gasteiger partial charge in [0.2, 0.25) is 5.91 Å². The van der Waals surface area contributed by atoms with Crippen LogP contribution in [0.2, 0.25) is 4.34 Å². The fraction of sp³-hybridized carbons (Fsp3) is 0.444. The van der Waals surface area contributed by atoms with Crippen molar-refractivity contribution in [2.45, 2.75) is 25.4 Å². The molecule has 0 aliphatic carbocycles. The summed E-state index contributed by atoms with van der Waals surface area (Å²) in [7, 11) is 0. The quantitative estimate of drug-likeness (QED) is 0.818. The standard InChI is InChI=1S/C9H12ClNO2S/c10-8-5-4-7(14-8)6(12)2-1-3-9(11)13/h4-6,12H,1-3H2,(H2,11,13). The molecule has 5 heteroatoms. The molecule has 1 aromatic heterocycles. The molecule has 14 heavy (non-hydrogen) atoms. The molecule has 3 nitrogen and oxygen atoms in total. The highest BCUT2D eigenvalue weighted by Gasteiger charge is 2.10. The van der Waals surface area contributed by atoms with Gasteiger partial charge in [-0.15, -0.1) is 11.3 Å². The summed E-state index contributed by atoms with van der Waals surface area (Å²) in [6, 6.07) is 3.54. The molecule has 1 amide bonds. The van der Waals surface area contributed by atoms with Crippen LogP contribution in [-0.2, 0) is 4.79 Å². The van der Waals surface area contributed by atoms with Gasteiger partial charge in [0.25, 0.3) is 0 Å². The molecule has 0 bridgehead atoms. The van der Waals surface area contributed by atoms with Crippen molar-refractivity contribution in [3.8, 4) is 0 Å². The number of carbonyl (C=O) groups is 1. The van der Waals surface area contributed by atoms with E-state index in [0.717, 1.165) is 4.88 Å². The third kappa shape index (κ3) is 3.65. The molecule has 1 unspecified atom stereocenters. The number of carbonyl (C=O) groups excluding carboxylic acids is 1. The SMILES string of the molecule is NC(=O)CCCC(O)c1ccc(Cl)s1. The Morgan fingerprint density at radius 2 is 2.36 bits per heavy atom. The molecule has 1 heterocycles. The number of aliphatic hydroxyl groups excluding tert-OH is 1. The lowest BCUT2D eigenvalue weighted by Gasteiger charge is -2.06. The van der Waals surface area contributed by atoms with E-state index in [9.17, 15) is 9.90 Å². The van der Waals surface area contributed by atoms with Crippen LogP contribution in [0.25, 0.3) is 0 Å². The molecule has 0 aliphatic heterocycles. The Hall–Kier alpha value is -0.580. The highest BCUT2D eigenvalue weighted by atomic mass is 35.5. The van der Waals surface area contributed by atoms with E-state index in [1.807, 2.05) is 0 Å². The monoisotopic (exact) mass is 233 g/mol. The van der Waals surface area contributed by atoms with Crippen molar-refractivity contribution in [2.75, 3.05) is 0 Å². The van der Waals surface area contributed by atoms with Gasteiger partial charge in [0.15, 0.2) is 0 Å². The molecule has 0 aromatic carbocycles. The first-order chi connectivity index (χ1) is 6.59. The average molecular weight is 234 g/mol. The first-order valence-electron chi connectivity index (χ1n) is 4.31. The van der Waals surface area contributed by atoms with Gasteiger partial charge in [-0.05, 0) is 25.0 Å². The van der Waals surface area contributed by atoms with Gasteiger partial charge in [-0.3, -0.25) is 4.79 Å². The van der Waals surface area contributed by atoms with Crippen LogP contribution in [0.3, 0.4) is 0 Å². The summed E-state index contributed by atoms with van der Waals surface area (Å²) in [6.07, 6.45) is 0.925. The molecule has 0 saturated heterocycles. The van der Waals surface area contributed by atoms with Crippen LogP contribution < -0.4 is 5.73 Å². The number of nitrogens with two attached hydrogens (primary N) is 1. The summed E-state index contributed by atoms with van der Waals surface area (Å²) in [6.45, 7) is 0. The van der Waals surface area contributed by atoms with Crippen LogP contribution in [-0.4, -0.2) is 11.0 Å². The molecule has 0 spiro atoms. The number of hydrogen-bond donors (Lipinski definition) is 2. The van der Waals surface area contributed by atoms with Crippen LogP contribution in [0, 0.1) is 0 Å². The first-order valence-corrected chi connectivity index (χ1v) is 5.50. The highest BCUT2D eigenvalue weighted by molar-refractivity contribution is 7.16. The molecule has 78 valence electrons. The predicted molar refractivity (Wildman–Crippen MR) is 57.3 cm³/mol. The van der Waals surface area contributed by atoms with Gasteiger partial charge < -0.3 is 10.8 Å². The maximum atomic E-state index is 10.4. The normalized spacial score (nSPS) is 12.7. The van der Waals surface area contributed by atoms with Crippen molar-refractivity contribution in [2.24, 2.45) is 5.73 Å². The maximum Gasteiger partial charge on any atom is 0.217 e. The molecule has 0 saturated carbocycles. The largest absolute Gasteiger partial charge is 0.388 e. The van der Waals surface area contributed by atoms with Crippen molar-refractivity contribution in [1.82, 2.24) is 0 Å². The number of primary amides is 1. The van der Waals surface area contributed by atoms with Crippen molar-refractivity contribution in [3.05, 3.63) is 21.3 Å². The van der Waals surface area contributed by atoms with Crippen molar-refractivity contribution in [3.63, 3.8) is 0 Å². The minimum absolute atomic E-state index is 0.316. The Balaban J connectivity index is 2.35.